The van der Waals surface area contributed by atoms with Gasteiger partial charge in [-0.15, -0.1) is 0 Å². The van der Waals surface area contributed by atoms with Gasteiger partial charge in [0, 0.05) is 5.56 Å². The van der Waals surface area contributed by atoms with Crippen molar-refractivity contribution in [1.82, 2.24) is 0 Å². The number of aromatic hydroxyl groups is 1. The van der Waals surface area contributed by atoms with Crippen LogP contribution in [0.25, 0.3) is 0 Å². The van der Waals surface area contributed by atoms with Crippen LogP contribution in [0, 0.1) is 5.82 Å². The third kappa shape index (κ3) is 2.04. The number of nitrogens with two attached hydrogens (primary N) is 1. The Bertz CT molecular complexity index is 482. The van der Waals surface area contributed by atoms with E-state index in [1.165, 1.54) is 12.1 Å². The third-order valence-corrected chi connectivity index (χ3v) is 2.50. The van der Waals surface area contributed by atoms with Crippen LogP contribution in [-0.2, 0) is 0 Å². The van der Waals surface area contributed by atoms with E-state index in [-0.39, 0.29) is 11.6 Å². The van der Waals surface area contributed by atoms with Crippen molar-refractivity contribution in [2.45, 2.75) is 6.04 Å². The van der Waals surface area contributed by atoms with Crippen molar-refractivity contribution in [2.24, 2.45) is 5.73 Å². The van der Waals surface area contributed by atoms with E-state index in [9.17, 15) is 9.50 Å². The maximum Gasteiger partial charge on any atom is 0.123 e. The highest BCUT2D eigenvalue weighted by molar-refractivity contribution is 5.40. The zero-order valence-corrected chi connectivity index (χ0v) is 8.60. The molecule has 0 aliphatic carbocycles. The second-order valence-electron chi connectivity index (χ2n) is 3.59. The molecule has 0 bridgehead atoms. The van der Waals surface area contributed by atoms with Crippen LogP contribution < -0.4 is 5.73 Å². The van der Waals surface area contributed by atoms with E-state index in [1.807, 2.05) is 0 Å². The summed E-state index contributed by atoms with van der Waals surface area (Å²) in [5, 5.41) is 9.64. The van der Waals surface area contributed by atoms with Crippen molar-refractivity contribution in [3.05, 3.63) is 65.5 Å². The first kappa shape index (κ1) is 10.6. The lowest BCUT2D eigenvalue weighted by atomic mass is 9.99. The number of hydrogen-bond acceptors (Lipinski definition) is 2. The molecule has 0 saturated carbocycles. The summed E-state index contributed by atoms with van der Waals surface area (Å²) in [6, 6.07) is 12.4. The van der Waals surface area contributed by atoms with Crippen LogP contribution in [0.3, 0.4) is 0 Å². The molecule has 0 heterocycles. The monoisotopic (exact) mass is 217 g/mol. The fraction of sp³-hybridized carbons (Fsp3) is 0.0769. The lowest BCUT2D eigenvalue weighted by Crippen LogP contribution is -2.11. The number of hydrogen-bond donors (Lipinski definition) is 2. The van der Waals surface area contributed by atoms with Gasteiger partial charge >= 0.3 is 0 Å². The van der Waals surface area contributed by atoms with Crippen molar-refractivity contribution in [3.63, 3.8) is 0 Å². The van der Waals surface area contributed by atoms with Crippen LogP contribution in [0.4, 0.5) is 4.39 Å². The van der Waals surface area contributed by atoms with Crippen LogP contribution in [0.15, 0.2) is 48.5 Å². The van der Waals surface area contributed by atoms with Crippen molar-refractivity contribution >= 4 is 0 Å². The topological polar surface area (TPSA) is 46.2 Å². The number of para-hydroxylation sites is 1. The molecule has 1 atom stereocenters. The number of halogens is 1. The quantitative estimate of drug-likeness (QED) is 0.812. The molecule has 2 aromatic carbocycles. The lowest BCUT2D eigenvalue weighted by Gasteiger charge is -2.13. The lowest BCUT2D eigenvalue weighted by molar-refractivity contribution is 0.465. The molecule has 0 saturated heterocycles. The first-order chi connectivity index (χ1) is 7.68. The van der Waals surface area contributed by atoms with Gasteiger partial charge in [-0.1, -0.05) is 30.3 Å². The fourth-order valence-corrected chi connectivity index (χ4v) is 1.60. The molecule has 0 aliphatic heterocycles. The molecule has 16 heavy (non-hydrogen) atoms. The summed E-state index contributed by atoms with van der Waals surface area (Å²) >= 11 is 0. The summed E-state index contributed by atoms with van der Waals surface area (Å²) in [6.45, 7) is 0. The van der Waals surface area contributed by atoms with Crippen molar-refractivity contribution in [3.8, 4) is 5.75 Å². The molecule has 0 aromatic heterocycles. The zero-order valence-electron chi connectivity index (χ0n) is 8.60. The minimum Gasteiger partial charge on any atom is -0.508 e. The zero-order chi connectivity index (χ0) is 11.5. The van der Waals surface area contributed by atoms with E-state index in [4.69, 9.17) is 5.73 Å². The molecule has 82 valence electrons. The molecule has 1 unspecified atom stereocenters. The molecular formula is C13H12FNO. The van der Waals surface area contributed by atoms with Gasteiger partial charge in [-0.2, -0.15) is 0 Å². The maximum atomic E-state index is 12.7. The summed E-state index contributed by atoms with van der Waals surface area (Å²) in [7, 11) is 0. The van der Waals surface area contributed by atoms with Crippen LogP contribution >= 0.6 is 0 Å². The molecule has 2 rings (SSSR count). The maximum absolute atomic E-state index is 12.7. The molecule has 0 spiro atoms. The predicted molar refractivity (Wildman–Crippen MR) is 60.5 cm³/mol. The molecule has 0 radical (unpaired) electrons. The van der Waals surface area contributed by atoms with Crippen LogP contribution in [0.5, 0.6) is 5.75 Å². The number of phenolic OH excluding ortho intramolecular Hbond substituents is 1. The molecule has 0 aliphatic rings. The Hall–Kier alpha value is -1.87. The molecule has 3 heteroatoms. The van der Waals surface area contributed by atoms with E-state index in [0.29, 0.717) is 5.56 Å². The van der Waals surface area contributed by atoms with Gasteiger partial charge in [-0.3, -0.25) is 0 Å². The molecule has 0 amide bonds. The highest BCUT2D eigenvalue weighted by Crippen LogP contribution is 2.26. The Morgan fingerprint density at radius 3 is 2.25 bits per heavy atom. The summed E-state index contributed by atoms with van der Waals surface area (Å²) in [5.74, 6) is -0.146. The minimum atomic E-state index is -0.443. The average molecular weight is 217 g/mol. The minimum absolute atomic E-state index is 0.152. The Balaban J connectivity index is 2.35. The molecule has 2 nitrogen and oxygen atoms in total. The van der Waals surface area contributed by atoms with Crippen LogP contribution in [0.2, 0.25) is 0 Å². The molecule has 3 N–H and O–H groups in total. The number of phenols is 1. The third-order valence-electron chi connectivity index (χ3n) is 2.50. The normalized spacial score (nSPS) is 12.4. The summed E-state index contributed by atoms with van der Waals surface area (Å²) < 4.78 is 12.7. The Labute approximate surface area is 93.2 Å². The van der Waals surface area contributed by atoms with E-state index in [0.717, 1.165) is 5.56 Å². The van der Waals surface area contributed by atoms with Crippen molar-refractivity contribution in [1.29, 1.82) is 0 Å². The first-order valence-electron chi connectivity index (χ1n) is 4.97. The predicted octanol–water partition coefficient (Wildman–Crippen LogP) is 2.58. The Morgan fingerprint density at radius 2 is 1.62 bits per heavy atom. The van der Waals surface area contributed by atoms with Crippen molar-refractivity contribution in [2.75, 3.05) is 0 Å². The fourth-order valence-electron chi connectivity index (χ4n) is 1.60. The molecule has 0 fully saturated rings. The number of rotatable bonds is 2. The van der Waals surface area contributed by atoms with Gasteiger partial charge in [-0.25, -0.2) is 4.39 Å². The van der Waals surface area contributed by atoms with Gasteiger partial charge in [0.25, 0.3) is 0 Å². The molecular weight excluding hydrogens is 205 g/mol. The summed E-state index contributed by atoms with van der Waals surface area (Å²) in [4.78, 5) is 0. The second-order valence-corrected chi connectivity index (χ2v) is 3.59. The highest BCUT2D eigenvalue weighted by Gasteiger charge is 2.12. The highest BCUT2D eigenvalue weighted by atomic mass is 19.1. The van der Waals surface area contributed by atoms with E-state index in [1.54, 1.807) is 36.4 Å². The van der Waals surface area contributed by atoms with Gasteiger partial charge < -0.3 is 10.8 Å². The van der Waals surface area contributed by atoms with Gasteiger partial charge in [0.1, 0.15) is 11.6 Å². The molecule has 2 aromatic rings. The van der Waals surface area contributed by atoms with Crippen LogP contribution in [-0.4, -0.2) is 5.11 Å². The second kappa shape index (κ2) is 4.33. The number of benzene rings is 2. The van der Waals surface area contributed by atoms with Gasteiger partial charge in [0.05, 0.1) is 6.04 Å². The van der Waals surface area contributed by atoms with Crippen molar-refractivity contribution < 1.29 is 9.50 Å². The largest absolute Gasteiger partial charge is 0.508 e. The summed E-state index contributed by atoms with van der Waals surface area (Å²) in [5.41, 5.74) is 7.38. The van der Waals surface area contributed by atoms with Gasteiger partial charge in [0.15, 0.2) is 0 Å². The smallest absolute Gasteiger partial charge is 0.123 e. The average Bonchev–Trinajstić information content (AvgIpc) is 2.30. The standard InChI is InChI=1S/C13H12FNO/c14-10-7-5-9(6-8-10)13(15)11-3-1-2-4-12(11)16/h1-8,13,16H,15H2. The van der Waals surface area contributed by atoms with Crippen LogP contribution in [0.1, 0.15) is 17.2 Å². The Kier molecular flexibility index (Phi) is 2.88. The van der Waals surface area contributed by atoms with Gasteiger partial charge in [0.2, 0.25) is 0 Å². The van der Waals surface area contributed by atoms with E-state index in [2.05, 4.69) is 0 Å². The van der Waals surface area contributed by atoms with Gasteiger partial charge in [-0.05, 0) is 23.8 Å². The summed E-state index contributed by atoms with van der Waals surface area (Å²) in [6.07, 6.45) is 0. The van der Waals surface area contributed by atoms with E-state index < -0.39 is 6.04 Å². The Morgan fingerprint density at radius 1 is 1.00 bits per heavy atom. The SMILES string of the molecule is NC(c1ccc(F)cc1)c1ccccc1O. The first-order valence-corrected chi connectivity index (χ1v) is 4.97. The van der Waals surface area contributed by atoms with E-state index >= 15 is 0 Å².